The van der Waals surface area contributed by atoms with Gasteiger partial charge in [0.25, 0.3) is 5.91 Å². The highest BCUT2D eigenvalue weighted by Crippen LogP contribution is 2.30. The van der Waals surface area contributed by atoms with Crippen LogP contribution in [0.15, 0.2) is 71.7 Å². The molecule has 9 heteroatoms. The Morgan fingerprint density at radius 1 is 1.03 bits per heavy atom. The first-order chi connectivity index (χ1) is 16.4. The van der Waals surface area contributed by atoms with Crippen LogP contribution in [0.4, 0.5) is 10.2 Å². The molecule has 34 heavy (non-hydrogen) atoms. The number of rotatable bonds is 6. The van der Waals surface area contributed by atoms with Crippen molar-refractivity contribution in [2.24, 2.45) is 7.05 Å². The Labute approximate surface area is 194 Å². The first kappa shape index (κ1) is 22.7. The number of nitrogens with two attached hydrogens (primary N) is 1. The zero-order chi connectivity index (χ0) is 24.2. The SMILES string of the molecule is COc1ccccc1CNC(=O)c1nc(-c2ccc(=O)n(C)c2)c(-c2ccc(F)cc2)nc1N. The Morgan fingerprint density at radius 2 is 1.71 bits per heavy atom. The first-order valence-corrected chi connectivity index (χ1v) is 10.4. The number of para-hydroxylation sites is 1. The summed E-state index contributed by atoms with van der Waals surface area (Å²) in [6.45, 7) is 0.193. The maximum absolute atomic E-state index is 13.5. The number of hydrogen-bond donors (Lipinski definition) is 2. The predicted octanol–water partition coefficient (Wildman–Crippen LogP) is 3.17. The summed E-state index contributed by atoms with van der Waals surface area (Å²) in [7, 11) is 3.16. The number of amides is 1. The van der Waals surface area contributed by atoms with Crippen molar-refractivity contribution in [1.29, 1.82) is 0 Å². The molecule has 3 N–H and O–H groups in total. The van der Waals surface area contributed by atoms with E-state index < -0.39 is 11.7 Å². The minimum atomic E-state index is -0.521. The number of hydrogen-bond acceptors (Lipinski definition) is 6. The van der Waals surface area contributed by atoms with Gasteiger partial charge in [-0.1, -0.05) is 18.2 Å². The van der Waals surface area contributed by atoms with Crippen molar-refractivity contribution in [1.82, 2.24) is 19.9 Å². The van der Waals surface area contributed by atoms with Crippen LogP contribution in [0, 0.1) is 5.82 Å². The Hall–Kier alpha value is -4.53. The number of nitrogen functional groups attached to an aromatic ring is 1. The van der Waals surface area contributed by atoms with E-state index in [1.54, 1.807) is 44.6 Å². The highest BCUT2D eigenvalue weighted by molar-refractivity contribution is 5.98. The van der Waals surface area contributed by atoms with Gasteiger partial charge in [0.05, 0.1) is 18.5 Å². The maximum Gasteiger partial charge on any atom is 0.274 e. The van der Waals surface area contributed by atoms with E-state index in [2.05, 4.69) is 15.3 Å². The summed E-state index contributed by atoms with van der Waals surface area (Å²) in [5.74, 6) is -0.363. The summed E-state index contributed by atoms with van der Waals surface area (Å²) in [6, 6.07) is 16.0. The fraction of sp³-hybridized carbons (Fsp3) is 0.120. The normalized spacial score (nSPS) is 10.7. The molecule has 1 amide bonds. The van der Waals surface area contributed by atoms with Gasteiger partial charge in [-0.15, -0.1) is 0 Å². The third-order valence-electron chi connectivity index (χ3n) is 5.25. The van der Waals surface area contributed by atoms with Crippen molar-refractivity contribution in [3.63, 3.8) is 0 Å². The Balaban J connectivity index is 1.76. The van der Waals surface area contributed by atoms with Gasteiger partial charge in [-0.05, 0) is 36.4 Å². The number of anilines is 1. The highest BCUT2D eigenvalue weighted by Gasteiger charge is 2.20. The molecule has 2 aromatic heterocycles. The predicted molar refractivity (Wildman–Crippen MR) is 127 cm³/mol. The van der Waals surface area contributed by atoms with Crippen LogP contribution in [-0.2, 0) is 13.6 Å². The minimum Gasteiger partial charge on any atom is -0.496 e. The topological polar surface area (TPSA) is 112 Å². The Kier molecular flexibility index (Phi) is 6.35. The van der Waals surface area contributed by atoms with Crippen LogP contribution in [0.1, 0.15) is 16.1 Å². The summed E-state index contributed by atoms with van der Waals surface area (Å²) in [4.78, 5) is 33.8. The van der Waals surface area contributed by atoms with Crippen LogP contribution in [-0.4, -0.2) is 27.6 Å². The van der Waals surface area contributed by atoms with Gasteiger partial charge in [-0.25, -0.2) is 14.4 Å². The van der Waals surface area contributed by atoms with E-state index in [0.717, 1.165) is 5.56 Å². The van der Waals surface area contributed by atoms with Gasteiger partial charge in [0, 0.05) is 42.5 Å². The van der Waals surface area contributed by atoms with Crippen molar-refractivity contribution in [2.45, 2.75) is 6.54 Å². The van der Waals surface area contributed by atoms with Crippen molar-refractivity contribution in [2.75, 3.05) is 12.8 Å². The first-order valence-electron chi connectivity index (χ1n) is 10.4. The quantitative estimate of drug-likeness (QED) is 0.458. The van der Waals surface area contributed by atoms with Crippen LogP contribution < -0.4 is 21.3 Å². The molecule has 0 bridgehead atoms. The lowest BCUT2D eigenvalue weighted by molar-refractivity contribution is 0.0946. The molecule has 4 rings (SSSR count). The van der Waals surface area contributed by atoms with E-state index >= 15 is 0 Å². The number of nitrogens with one attached hydrogen (secondary N) is 1. The monoisotopic (exact) mass is 459 g/mol. The summed E-state index contributed by atoms with van der Waals surface area (Å²) >= 11 is 0. The van der Waals surface area contributed by atoms with Crippen molar-refractivity contribution >= 4 is 11.7 Å². The summed E-state index contributed by atoms with van der Waals surface area (Å²) in [5, 5.41) is 2.79. The molecule has 0 atom stereocenters. The molecule has 2 aromatic carbocycles. The fourth-order valence-electron chi connectivity index (χ4n) is 3.47. The molecular formula is C25H22FN5O3. The Morgan fingerprint density at radius 3 is 2.41 bits per heavy atom. The van der Waals surface area contributed by atoms with Gasteiger partial charge in [0.15, 0.2) is 11.5 Å². The van der Waals surface area contributed by atoms with Crippen LogP contribution >= 0.6 is 0 Å². The summed E-state index contributed by atoms with van der Waals surface area (Å²) in [5.41, 5.74) is 8.44. The smallest absolute Gasteiger partial charge is 0.274 e. The number of carbonyl (C=O) groups excluding carboxylic acids is 1. The van der Waals surface area contributed by atoms with Gasteiger partial charge in [0.2, 0.25) is 5.56 Å². The largest absolute Gasteiger partial charge is 0.496 e. The lowest BCUT2D eigenvalue weighted by Gasteiger charge is -2.14. The molecule has 0 saturated carbocycles. The molecule has 0 fully saturated rings. The van der Waals surface area contributed by atoms with E-state index in [9.17, 15) is 14.0 Å². The molecule has 0 spiro atoms. The molecule has 0 radical (unpaired) electrons. The van der Waals surface area contributed by atoms with Gasteiger partial charge in [-0.2, -0.15) is 0 Å². The number of benzene rings is 2. The average molecular weight is 459 g/mol. The van der Waals surface area contributed by atoms with Crippen LogP contribution in [0.3, 0.4) is 0 Å². The van der Waals surface area contributed by atoms with E-state index in [1.807, 2.05) is 18.2 Å². The zero-order valence-corrected chi connectivity index (χ0v) is 18.6. The number of halogens is 1. The van der Waals surface area contributed by atoms with Crippen LogP contribution in [0.2, 0.25) is 0 Å². The molecule has 0 unspecified atom stereocenters. The number of methoxy groups -OCH3 is 1. The summed E-state index contributed by atoms with van der Waals surface area (Å²) in [6.07, 6.45) is 1.59. The van der Waals surface area contributed by atoms with Gasteiger partial charge >= 0.3 is 0 Å². The zero-order valence-electron chi connectivity index (χ0n) is 18.6. The number of aromatic nitrogens is 3. The van der Waals surface area contributed by atoms with E-state index in [1.165, 1.54) is 22.8 Å². The third-order valence-corrected chi connectivity index (χ3v) is 5.25. The van der Waals surface area contributed by atoms with Crippen LogP contribution in [0.25, 0.3) is 22.5 Å². The second-order valence-corrected chi connectivity index (χ2v) is 7.52. The van der Waals surface area contributed by atoms with Crippen molar-refractivity contribution in [3.05, 3.63) is 94.3 Å². The second kappa shape index (κ2) is 9.53. The number of aryl methyl sites for hydroxylation is 1. The second-order valence-electron chi connectivity index (χ2n) is 7.52. The van der Waals surface area contributed by atoms with Crippen molar-refractivity contribution < 1.29 is 13.9 Å². The molecule has 8 nitrogen and oxygen atoms in total. The lowest BCUT2D eigenvalue weighted by atomic mass is 10.0. The van der Waals surface area contributed by atoms with Crippen LogP contribution in [0.5, 0.6) is 5.75 Å². The average Bonchev–Trinajstić information content (AvgIpc) is 2.84. The van der Waals surface area contributed by atoms with Gasteiger partial charge in [0.1, 0.15) is 11.6 Å². The lowest BCUT2D eigenvalue weighted by Crippen LogP contribution is -2.26. The van der Waals surface area contributed by atoms with Gasteiger partial charge < -0.3 is 20.4 Å². The number of ether oxygens (including phenoxy) is 1. The van der Waals surface area contributed by atoms with E-state index in [0.29, 0.717) is 28.3 Å². The molecule has 0 aliphatic heterocycles. The molecule has 0 saturated heterocycles. The number of pyridine rings is 1. The maximum atomic E-state index is 13.5. The third kappa shape index (κ3) is 4.63. The molecule has 0 aliphatic carbocycles. The molecule has 0 aliphatic rings. The van der Waals surface area contributed by atoms with E-state index in [-0.39, 0.29) is 23.6 Å². The molecular weight excluding hydrogens is 437 g/mol. The number of carbonyl (C=O) groups is 1. The standard InChI is InChI=1S/C25H22FN5O3/c1-31-14-17(9-12-20(31)32)22-21(15-7-10-18(26)11-8-15)30-24(27)23(29-22)25(33)28-13-16-5-3-4-6-19(16)34-2/h3-12,14H,13H2,1-2H3,(H2,27,30)(H,28,33). The molecule has 172 valence electrons. The molecule has 4 aromatic rings. The Bertz CT molecular complexity index is 1420. The summed E-state index contributed by atoms with van der Waals surface area (Å²) < 4.78 is 20.2. The van der Waals surface area contributed by atoms with Gasteiger partial charge in [-0.3, -0.25) is 9.59 Å². The highest BCUT2D eigenvalue weighted by atomic mass is 19.1. The fourth-order valence-corrected chi connectivity index (χ4v) is 3.47. The molecule has 2 heterocycles. The van der Waals surface area contributed by atoms with E-state index in [4.69, 9.17) is 10.5 Å². The number of nitrogens with zero attached hydrogens (tertiary/aromatic N) is 3. The van der Waals surface area contributed by atoms with Crippen molar-refractivity contribution in [3.8, 4) is 28.3 Å². The minimum absolute atomic E-state index is 0.0652.